The van der Waals surface area contributed by atoms with Gasteiger partial charge in [0, 0.05) is 5.39 Å². The van der Waals surface area contributed by atoms with Gasteiger partial charge in [0.1, 0.15) is 11.6 Å². The van der Waals surface area contributed by atoms with E-state index in [9.17, 15) is 14.0 Å². The number of rotatable bonds is 4. The summed E-state index contributed by atoms with van der Waals surface area (Å²) >= 11 is 0. The van der Waals surface area contributed by atoms with Crippen LogP contribution in [-0.4, -0.2) is 18.4 Å². The number of amides is 2. The maximum Gasteiger partial charge on any atom is 0.276 e. The number of hydrogen-bond donors (Lipinski definition) is 2. The molecule has 0 aliphatic heterocycles. The van der Waals surface area contributed by atoms with Crippen LogP contribution in [0.25, 0.3) is 10.8 Å². The number of benzene rings is 3. The molecule has 0 unspecified atom stereocenters. The van der Waals surface area contributed by atoms with Crippen LogP contribution in [0.3, 0.4) is 0 Å². The summed E-state index contributed by atoms with van der Waals surface area (Å²) in [4.78, 5) is 23.6. The molecule has 0 aromatic heterocycles. The third kappa shape index (κ3) is 3.92. The molecule has 0 saturated heterocycles. The minimum atomic E-state index is -0.739. The molecule has 3 aromatic carbocycles. The smallest absolute Gasteiger partial charge is 0.276 e. The lowest BCUT2D eigenvalue weighted by Crippen LogP contribution is -2.44. The minimum absolute atomic E-state index is 0.155. The summed E-state index contributed by atoms with van der Waals surface area (Å²) in [5.74, 6) is -1.40. The van der Waals surface area contributed by atoms with Gasteiger partial charge in [0.15, 0.2) is 6.61 Å². The summed E-state index contributed by atoms with van der Waals surface area (Å²) in [6.07, 6.45) is 0. The SMILES string of the molecule is O=C(COc1cccc2ccccc12)NNC(=O)c1ccccc1F. The highest BCUT2D eigenvalue weighted by Gasteiger charge is 2.12. The normalized spacial score (nSPS) is 10.3. The van der Waals surface area contributed by atoms with Crippen LogP contribution in [0.1, 0.15) is 10.4 Å². The molecule has 0 bridgehead atoms. The Morgan fingerprint density at radius 3 is 2.44 bits per heavy atom. The first-order valence-corrected chi connectivity index (χ1v) is 7.59. The number of carbonyl (C=O) groups is 2. The van der Waals surface area contributed by atoms with Crippen LogP contribution in [0, 0.1) is 5.82 Å². The minimum Gasteiger partial charge on any atom is -0.483 e. The Balaban J connectivity index is 1.56. The van der Waals surface area contributed by atoms with Gasteiger partial charge in [0.2, 0.25) is 0 Å². The molecule has 6 heteroatoms. The van der Waals surface area contributed by atoms with Crippen molar-refractivity contribution in [1.82, 2.24) is 10.9 Å². The first-order valence-electron chi connectivity index (χ1n) is 7.59. The summed E-state index contributed by atoms with van der Waals surface area (Å²) in [5.41, 5.74) is 4.20. The molecular weight excluding hydrogens is 323 g/mol. The van der Waals surface area contributed by atoms with E-state index in [0.29, 0.717) is 5.75 Å². The third-order valence-corrected chi connectivity index (χ3v) is 3.54. The predicted molar refractivity (Wildman–Crippen MR) is 91.5 cm³/mol. The summed E-state index contributed by atoms with van der Waals surface area (Å²) in [7, 11) is 0. The number of ether oxygens (including phenoxy) is 1. The van der Waals surface area contributed by atoms with Crippen molar-refractivity contribution in [1.29, 1.82) is 0 Å². The van der Waals surface area contributed by atoms with Crippen molar-refractivity contribution < 1.29 is 18.7 Å². The Kier molecular flexibility index (Phi) is 4.89. The van der Waals surface area contributed by atoms with Gasteiger partial charge in [0.25, 0.3) is 11.8 Å². The van der Waals surface area contributed by atoms with Gasteiger partial charge >= 0.3 is 0 Å². The Morgan fingerprint density at radius 1 is 0.880 bits per heavy atom. The Labute approximate surface area is 143 Å². The molecule has 0 fully saturated rings. The number of nitrogens with one attached hydrogen (secondary N) is 2. The van der Waals surface area contributed by atoms with Crippen molar-refractivity contribution in [2.24, 2.45) is 0 Å². The molecule has 0 radical (unpaired) electrons. The molecule has 0 aliphatic carbocycles. The molecule has 2 amide bonds. The van der Waals surface area contributed by atoms with E-state index in [1.165, 1.54) is 24.3 Å². The van der Waals surface area contributed by atoms with Crippen molar-refractivity contribution in [3.05, 3.63) is 78.1 Å². The fourth-order valence-electron chi connectivity index (χ4n) is 2.34. The number of halogens is 1. The average Bonchev–Trinajstić information content (AvgIpc) is 2.64. The van der Waals surface area contributed by atoms with Crippen LogP contribution < -0.4 is 15.6 Å². The molecule has 0 heterocycles. The van der Waals surface area contributed by atoms with Crippen LogP contribution >= 0.6 is 0 Å². The van der Waals surface area contributed by atoms with E-state index in [1.807, 2.05) is 36.4 Å². The molecule has 3 rings (SSSR count). The number of hydrazine groups is 1. The second kappa shape index (κ2) is 7.44. The third-order valence-electron chi connectivity index (χ3n) is 3.54. The van der Waals surface area contributed by atoms with Crippen LogP contribution in [0.4, 0.5) is 4.39 Å². The lowest BCUT2D eigenvalue weighted by atomic mass is 10.1. The van der Waals surface area contributed by atoms with E-state index < -0.39 is 17.6 Å². The molecule has 0 spiro atoms. The predicted octanol–water partition coefficient (Wildman–Crippen LogP) is 2.82. The van der Waals surface area contributed by atoms with Gasteiger partial charge < -0.3 is 4.74 Å². The van der Waals surface area contributed by atoms with E-state index in [0.717, 1.165) is 10.8 Å². The zero-order chi connectivity index (χ0) is 17.6. The van der Waals surface area contributed by atoms with E-state index in [2.05, 4.69) is 10.9 Å². The van der Waals surface area contributed by atoms with Crippen molar-refractivity contribution in [2.45, 2.75) is 0 Å². The summed E-state index contributed by atoms with van der Waals surface area (Å²) in [6.45, 7) is -0.286. The summed E-state index contributed by atoms with van der Waals surface area (Å²) in [6, 6.07) is 18.6. The van der Waals surface area contributed by atoms with E-state index >= 15 is 0 Å². The van der Waals surface area contributed by atoms with Crippen molar-refractivity contribution >= 4 is 22.6 Å². The van der Waals surface area contributed by atoms with E-state index in [1.54, 1.807) is 6.07 Å². The van der Waals surface area contributed by atoms with Crippen LogP contribution in [-0.2, 0) is 4.79 Å². The average molecular weight is 338 g/mol. The van der Waals surface area contributed by atoms with Crippen molar-refractivity contribution in [2.75, 3.05) is 6.61 Å². The molecule has 126 valence electrons. The standard InChI is InChI=1S/C19H15FN2O3/c20-16-10-4-3-9-15(16)19(24)22-21-18(23)12-25-17-11-5-7-13-6-1-2-8-14(13)17/h1-11H,12H2,(H,21,23)(H,22,24). The molecule has 3 aromatic rings. The lowest BCUT2D eigenvalue weighted by molar-refractivity contribution is -0.123. The Hall–Kier alpha value is -3.41. The first-order chi connectivity index (χ1) is 12.1. The highest BCUT2D eigenvalue weighted by Crippen LogP contribution is 2.24. The van der Waals surface area contributed by atoms with Gasteiger partial charge in [-0.15, -0.1) is 0 Å². The zero-order valence-electron chi connectivity index (χ0n) is 13.2. The molecule has 5 nitrogen and oxygen atoms in total. The molecular formula is C19H15FN2O3. The van der Waals surface area contributed by atoms with Crippen molar-refractivity contribution in [3.63, 3.8) is 0 Å². The monoisotopic (exact) mass is 338 g/mol. The zero-order valence-corrected chi connectivity index (χ0v) is 13.2. The summed E-state index contributed by atoms with van der Waals surface area (Å²) in [5, 5.41) is 1.88. The maximum absolute atomic E-state index is 13.5. The van der Waals surface area contributed by atoms with E-state index in [4.69, 9.17) is 4.74 Å². The lowest BCUT2D eigenvalue weighted by Gasteiger charge is -2.10. The number of hydrogen-bond acceptors (Lipinski definition) is 3. The van der Waals surface area contributed by atoms with Gasteiger partial charge in [-0.25, -0.2) is 4.39 Å². The molecule has 0 aliphatic rings. The van der Waals surface area contributed by atoms with Crippen LogP contribution in [0.2, 0.25) is 0 Å². The van der Waals surface area contributed by atoms with Crippen molar-refractivity contribution in [3.8, 4) is 5.75 Å². The largest absolute Gasteiger partial charge is 0.483 e. The Bertz CT molecular complexity index is 922. The highest BCUT2D eigenvalue weighted by molar-refractivity contribution is 5.95. The van der Waals surface area contributed by atoms with Gasteiger partial charge in [-0.1, -0.05) is 48.5 Å². The summed E-state index contributed by atoms with van der Waals surface area (Å²) < 4.78 is 19.0. The fraction of sp³-hybridized carbons (Fsp3) is 0.0526. The number of carbonyl (C=O) groups excluding carboxylic acids is 2. The number of fused-ring (bicyclic) bond motifs is 1. The highest BCUT2D eigenvalue weighted by atomic mass is 19.1. The molecule has 0 saturated carbocycles. The topological polar surface area (TPSA) is 67.4 Å². The molecule has 0 atom stereocenters. The second-order valence-corrected chi connectivity index (χ2v) is 5.25. The van der Waals surface area contributed by atoms with Gasteiger partial charge in [-0.3, -0.25) is 20.4 Å². The Morgan fingerprint density at radius 2 is 1.60 bits per heavy atom. The fourth-order valence-corrected chi connectivity index (χ4v) is 2.34. The van der Waals surface area contributed by atoms with Gasteiger partial charge in [-0.05, 0) is 23.6 Å². The van der Waals surface area contributed by atoms with E-state index in [-0.39, 0.29) is 12.2 Å². The van der Waals surface area contributed by atoms with Crippen LogP contribution in [0.15, 0.2) is 66.7 Å². The van der Waals surface area contributed by atoms with Crippen LogP contribution in [0.5, 0.6) is 5.75 Å². The molecule has 2 N–H and O–H groups in total. The van der Waals surface area contributed by atoms with Gasteiger partial charge in [-0.2, -0.15) is 0 Å². The molecule has 25 heavy (non-hydrogen) atoms. The maximum atomic E-state index is 13.5. The van der Waals surface area contributed by atoms with Gasteiger partial charge in [0.05, 0.1) is 5.56 Å². The first kappa shape index (κ1) is 16.4. The quantitative estimate of drug-likeness (QED) is 0.719. The second-order valence-electron chi connectivity index (χ2n) is 5.25.